The second kappa shape index (κ2) is 3.68. The van der Waals surface area contributed by atoms with Crippen LogP contribution in [-0.4, -0.2) is 22.6 Å². The first kappa shape index (κ1) is 9.03. The highest BCUT2D eigenvalue weighted by atomic mass is 35.5. The van der Waals surface area contributed by atoms with Crippen molar-refractivity contribution in [1.82, 2.24) is 14.9 Å². The van der Waals surface area contributed by atoms with E-state index in [1.54, 1.807) is 6.20 Å². The van der Waals surface area contributed by atoms with Gasteiger partial charge < -0.3 is 9.88 Å². The van der Waals surface area contributed by atoms with Crippen LogP contribution in [-0.2, 0) is 7.05 Å². The van der Waals surface area contributed by atoms with Gasteiger partial charge in [0.2, 0.25) is 0 Å². The van der Waals surface area contributed by atoms with Gasteiger partial charge in [-0.1, -0.05) is 11.6 Å². The van der Waals surface area contributed by atoms with Gasteiger partial charge in [0.05, 0.1) is 6.20 Å². The number of imidazole rings is 1. The van der Waals surface area contributed by atoms with Crippen LogP contribution in [0.5, 0.6) is 0 Å². The fourth-order valence-corrected chi connectivity index (χ4v) is 2.00. The average molecular weight is 200 g/mol. The molecule has 2 heterocycles. The molecule has 72 valence electrons. The van der Waals surface area contributed by atoms with Crippen molar-refractivity contribution in [2.24, 2.45) is 7.05 Å². The normalized spacial score (nSPS) is 19.2. The zero-order valence-electron chi connectivity index (χ0n) is 7.76. The van der Waals surface area contributed by atoms with Gasteiger partial charge in [-0.05, 0) is 25.9 Å². The number of halogens is 1. The Morgan fingerprint density at radius 1 is 1.54 bits per heavy atom. The number of piperidine rings is 1. The maximum Gasteiger partial charge on any atom is 0.128 e. The highest BCUT2D eigenvalue weighted by Gasteiger charge is 2.19. The number of aromatic nitrogens is 2. The van der Waals surface area contributed by atoms with Crippen LogP contribution in [0.15, 0.2) is 6.20 Å². The summed E-state index contributed by atoms with van der Waals surface area (Å²) in [5.74, 6) is 1.71. The molecule has 1 N–H and O–H groups in total. The van der Waals surface area contributed by atoms with E-state index in [1.807, 2.05) is 11.6 Å². The number of hydrogen-bond acceptors (Lipinski definition) is 2. The van der Waals surface area contributed by atoms with Gasteiger partial charge in [0.1, 0.15) is 11.0 Å². The van der Waals surface area contributed by atoms with Gasteiger partial charge in [0.25, 0.3) is 0 Å². The summed E-state index contributed by atoms with van der Waals surface area (Å²) in [6.07, 6.45) is 4.07. The van der Waals surface area contributed by atoms with E-state index in [0.29, 0.717) is 5.92 Å². The van der Waals surface area contributed by atoms with Gasteiger partial charge in [-0.25, -0.2) is 4.98 Å². The topological polar surface area (TPSA) is 29.9 Å². The first-order valence-electron chi connectivity index (χ1n) is 4.67. The molecule has 0 aromatic carbocycles. The van der Waals surface area contributed by atoms with Crippen molar-refractivity contribution in [3.8, 4) is 0 Å². The fourth-order valence-electron chi connectivity index (χ4n) is 1.86. The van der Waals surface area contributed by atoms with Gasteiger partial charge in [0, 0.05) is 13.0 Å². The van der Waals surface area contributed by atoms with E-state index in [-0.39, 0.29) is 0 Å². The summed E-state index contributed by atoms with van der Waals surface area (Å²) >= 11 is 5.93. The summed E-state index contributed by atoms with van der Waals surface area (Å²) in [4.78, 5) is 4.34. The Hall–Kier alpha value is -0.540. The molecule has 0 unspecified atom stereocenters. The SMILES string of the molecule is Cn1c(Cl)cnc1C1CCNCC1. The molecule has 1 aromatic heterocycles. The van der Waals surface area contributed by atoms with E-state index in [1.165, 1.54) is 12.8 Å². The molecule has 2 rings (SSSR count). The molecule has 13 heavy (non-hydrogen) atoms. The van der Waals surface area contributed by atoms with E-state index < -0.39 is 0 Å². The third kappa shape index (κ3) is 1.71. The Bertz CT molecular complexity index is 289. The highest BCUT2D eigenvalue weighted by molar-refractivity contribution is 6.29. The van der Waals surface area contributed by atoms with Gasteiger partial charge in [-0.2, -0.15) is 0 Å². The van der Waals surface area contributed by atoms with Crippen LogP contribution >= 0.6 is 11.6 Å². The smallest absolute Gasteiger partial charge is 0.128 e. The molecular formula is C9H14ClN3. The van der Waals surface area contributed by atoms with Crippen molar-refractivity contribution in [3.63, 3.8) is 0 Å². The van der Waals surface area contributed by atoms with Crippen LogP contribution in [0.25, 0.3) is 0 Å². The Morgan fingerprint density at radius 3 is 2.77 bits per heavy atom. The Balaban J connectivity index is 2.18. The quantitative estimate of drug-likeness (QED) is 0.744. The summed E-state index contributed by atoms with van der Waals surface area (Å²) in [6.45, 7) is 2.18. The fraction of sp³-hybridized carbons (Fsp3) is 0.667. The predicted octanol–water partition coefficient (Wildman–Crippen LogP) is 1.54. The van der Waals surface area contributed by atoms with E-state index in [0.717, 1.165) is 24.1 Å². The van der Waals surface area contributed by atoms with Crippen LogP contribution < -0.4 is 5.32 Å². The monoisotopic (exact) mass is 199 g/mol. The molecular weight excluding hydrogens is 186 g/mol. The van der Waals surface area contributed by atoms with Crippen LogP contribution in [0.1, 0.15) is 24.6 Å². The van der Waals surface area contributed by atoms with Crippen molar-refractivity contribution in [3.05, 3.63) is 17.2 Å². The number of nitrogens with one attached hydrogen (secondary N) is 1. The second-order valence-electron chi connectivity index (χ2n) is 3.52. The molecule has 3 nitrogen and oxygen atoms in total. The lowest BCUT2D eigenvalue weighted by molar-refractivity contribution is 0.437. The van der Waals surface area contributed by atoms with Gasteiger partial charge >= 0.3 is 0 Å². The molecule has 4 heteroatoms. The zero-order valence-corrected chi connectivity index (χ0v) is 8.51. The molecule has 0 spiro atoms. The van der Waals surface area contributed by atoms with Crippen LogP contribution in [0.2, 0.25) is 5.15 Å². The second-order valence-corrected chi connectivity index (χ2v) is 3.91. The van der Waals surface area contributed by atoms with Gasteiger partial charge in [0.15, 0.2) is 0 Å². The molecule has 1 aromatic rings. The van der Waals surface area contributed by atoms with Crippen LogP contribution in [0.3, 0.4) is 0 Å². The van der Waals surface area contributed by atoms with Gasteiger partial charge in [-0.3, -0.25) is 0 Å². The summed E-state index contributed by atoms with van der Waals surface area (Å²) < 4.78 is 1.98. The average Bonchev–Trinajstić information content (AvgIpc) is 2.49. The highest BCUT2D eigenvalue weighted by Crippen LogP contribution is 2.25. The molecule has 0 bridgehead atoms. The first-order valence-corrected chi connectivity index (χ1v) is 5.04. The van der Waals surface area contributed by atoms with Gasteiger partial charge in [-0.15, -0.1) is 0 Å². The summed E-state index contributed by atoms with van der Waals surface area (Å²) in [7, 11) is 1.98. The van der Waals surface area contributed by atoms with Crippen molar-refractivity contribution in [2.45, 2.75) is 18.8 Å². The molecule has 1 fully saturated rings. The summed E-state index contributed by atoms with van der Waals surface area (Å²) in [5.41, 5.74) is 0. The molecule has 0 radical (unpaired) electrons. The standard InChI is InChI=1S/C9H14ClN3/c1-13-8(10)6-12-9(13)7-2-4-11-5-3-7/h6-7,11H,2-5H2,1H3. The maximum absolute atomic E-state index is 5.93. The summed E-state index contributed by atoms with van der Waals surface area (Å²) in [6, 6.07) is 0. The Kier molecular flexibility index (Phi) is 2.56. The minimum absolute atomic E-state index is 0.582. The molecule has 0 amide bonds. The zero-order chi connectivity index (χ0) is 9.26. The van der Waals surface area contributed by atoms with E-state index in [2.05, 4.69) is 10.3 Å². The van der Waals surface area contributed by atoms with Crippen molar-refractivity contribution >= 4 is 11.6 Å². The Labute approximate surface area is 83.1 Å². The van der Waals surface area contributed by atoms with Crippen molar-refractivity contribution in [1.29, 1.82) is 0 Å². The summed E-state index contributed by atoms with van der Waals surface area (Å²) in [5, 5.41) is 4.07. The van der Waals surface area contributed by atoms with Crippen molar-refractivity contribution < 1.29 is 0 Å². The lowest BCUT2D eigenvalue weighted by Gasteiger charge is -2.22. The molecule has 1 aliphatic heterocycles. The predicted molar refractivity (Wildman–Crippen MR) is 53.1 cm³/mol. The van der Waals surface area contributed by atoms with Crippen LogP contribution in [0, 0.1) is 0 Å². The largest absolute Gasteiger partial charge is 0.322 e. The molecule has 0 atom stereocenters. The van der Waals surface area contributed by atoms with Crippen LogP contribution in [0.4, 0.5) is 0 Å². The third-order valence-corrected chi connectivity index (χ3v) is 3.02. The minimum Gasteiger partial charge on any atom is -0.322 e. The molecule has 0 saturated carbocycles. The molecule has 0 aliphatic carbocycles. The minimum atomic E-state index is 0.582. The number of nitrogens with zero attached hydrogens (tertiary/aromatic N) is 2. The first-order chi connectivity index (χ1) is 6.29. The lowest BCUT2D eigenvalue weighted by atomic mass is 9.97. The number of rotatable bonds is 1. The van der Waals surface area contributed by atoms with E-state index >= 15 is 0 Å². The maximum atomic E-state index is 5.93. The van der Waals surface area contributed by atoms with Crippen molar-refractivity contribution in [2.75, 3.05) is 13.1 Å². The lowest BCUT2D eigenvalue weighted by Crippen LogP contribution is -2.27. The number of hydrogen-bond donors (Lipinski definition) is 1. The molecule has 1 saturated heterocycles. The van der Waals surface area contributed by atoms with E-state index in [4.69, 9.17) is 11.6 Å². The molecule has 1 aliphatic rings. The van der Waals surface area contributed by atoms with E-state index in [9.17, 15) is 0 Å². The Morgan fingerprint density at radius 2 is 2.23 bits per heavy atom. The third-order valence-electron chi connectivity index (χ3n) is 2.67.